The zero-order chi connectivity index (χ0) is 20.4. The van der Waals surface area contributed by atoms with Gasteiger partial charge in [0.25, 0.3) is 5.56 Å². The molecule has 3 heterocycles. The lowest BCUT2D eigenvalue weighted by Crippen LogP contribution is -2.24. The van der Waals surface area contributed by atoms with Crippen LogP contribution in [-0.4, -0.2) is 43.5 Å². The van der Waals surface area contributed by atoms with Crippen molar-refractivity contribution in [2.75, 3.05) is 19.0 Å². The largest absolute Gasteiger partial charge is 0.495 e. The Morgan fingerprint density at radius 3 is 2.79 bits per heavy atom. The van der Waals surface area contributed by atoms with Crippen molar-refractivity contribution in [3.8, 4) is 11.6 Å². The van der Waals surface area contributed by atoms with Gasteiger partial charge in [0.2, 0.25) is 5.88 Å². The Morgan fingerprint density at radius 1 is 1.24 bits per heavy atom. The van der Waals surface area contributed by atoms with E-state index in [0.717, 1.165) is 23.6 Å². The number of nitrogens with zero attached hydrogens (tertiary/aromatic N) is 6. The highest BCUT2D eigenvalue weighted by Crippen LogP contribution is 2.46. The molecular formula is C19H23N7O3. The normalized spacial score (nSPS) is 17.8. The van der Waals surface area contributed by atoms with Gasteiger partial charge in [0.15, 0.2) is 0 Å². The summed E-state index contributed by atoms with van der Waals surface area (Å²) in [6, 6.07) is 5.53. The fourth-order valence-corrected chi connectivity index (χ4v) is 3.15. The number of hydrogen-bond acceptors (Lipinski definition) is 8. The number of hydrogen-bond donors (Lipinski definition) is 1. The first-order valence-corrected chi connectivity index (χ1v) is 9.33. The molecule has 0 radical (unpaired) electrons. The van der Waals surface area contributed by atoms with Crippen molar-refractivity contribution in [2.24, 2.45) is 20.0 Å². The van der Waals surface area contributed by atoms with Gasteiger partial charge in [-0.2, -0.15) is 15.0 Å². The topological polar surface area (TPSA) is 109 Å². The molecule has 0 saturated heterocycles. The molecule has 0 unspecified atom stereocenters. The van der Waals surface area contributed by atoms with Crippen molar-refractivity contribution in [3.05, 3.63) is 52.3 Å². The van der Waals surface area contributed by atoms with Gasteiger partial charge >= 0.3 is 0 Å². The number of aromatic nitrogens is 6. The molecule has 0 bridgehead atoms. The van der Waals surface area contributed by atoms with E-state index >= 15 is 0 Å². The first kappa shape index (κ1) is 18.9. The van der Waals surface area contributed by atoms with Gasteiger partial charge in [0.05, 0.1) is 32.7 Å². The van der Waals surface area contributed by atoms with E-state index in [0.29, 0.717) is 36.6 Å². The average Bonchev–Trinajstić information content (AvgIpc) is 3.39. The van der Waals surface area contributed by atoms with E-state index < -0.39 is 0 Å². The maximum absolute atomic E-state index is 12.3. The van der Waals surface area contributed by atoms with Gasteiger partial charge in [-0.25, -0.2) is 4.68 Å². The van der Waals surface area contributed by atoms with Crippen molar-refractivity contribution in [1.82, 2.24) is 29.8 Å². The van der Waals surface area contributed by atoms with Gasteiger partial charge in [-0.15, -0.1) is 5.10 Å². The first-order valence-electron chi connectivity index (χ1n) is 9.33. The Labute approximate surface area is 167 Å². The Hall–Kier alpha value is -3.43. The second-order valence-electron chi connectivity index (χ2n) is 7.04. The summed E-state index contributed by atoms with van der Waals surface area (Å²) in [5.41, 5.74) is 1.96. The van der Waals surface area contributed by atoms with Gasteiger partial charge in [0, 0.05) is 37.7 Å². The highest BCUT2D eigenvalue weighted by molar-refractivity contribution is 5.43. The summed E-state index contributed by atoms with van der Waals surface area (Å²) < 4.78 is 12.3. The van der Waals surface area contributed by atoms with Crippen molar-refractivity contribution < 1.29 is 9.47 Å². The number of ether oxygens (including phenoxy) is 2. The fraction of sp³-hybridized carbons (Fsp3) is 0.421. The molecule has 1 aliphatic rings. The Balaban J connectivity index is 1.36. The number of nitrogens with one attached hydrogen (secondary N) is 1. The van der Waals surface area contributed by atoms with E-state index in [9.17, 15) is 4.79 Å². The maximum Gasteiger partial charge on any atom is 0.290 e. The summed E-state index contributed by atoms with van der Waals surface area (Å²) in [6.45, 7) is 0.910. The van der Waals surface area contributed by atoms with Crippen LogP contribution in [0.1, 0.15) is 23.7 Å². The van der Waals surface area contributed by atoms with Gasteiger partial charge in [-0.3, -0.25) is 9.78 Å². The molecule has 0 amide bonds. The Morgan fingerprint density at radius 2 is 2.10 bits per heavy atom. The second kappa shape index (κ2) is 7.90. The molecule has 1 N–H and O–H groups in total. The summed E-state index contributed by atoms with van der Waals surface area (Å²) in [5.74, 6) is 1.91. The summed E-state index contributed by atoms with van der Waals surface area (Å²) in [6.07, 6.45) is 4.40. The second-order valence-corrected chi connectivity index (χ2v) is 7.04. The summed E-state index contributed by atoms with van der Waals surface area (Å²) in [4.78, 5) is 18.2. The summed E-state index contributed by atoms with van der Waals surface area (Å²) in [7, 11) is 4.97. The van der Waals surface area contributed by atoms with Gasteiger partial charge in [-0.1, -0.05) is 0 Å². The molecule has 1 saturated carbocycles. The standard InChI is InChI=1S/C19H23N7O3/c1-25-19(27)17(20-8-13-9-22-26(2)23-13)7-18(24-25)29-11-12-6-15(12)16-5-4-14(28-3)10-21-16/h4-5,7,9-10,12,15,20H,6,8,11H2,1-3H3/t12-,15+/m1/s1. The van der Waals surface area contributed by atoms with Gasteiger partial charge < -0.3 is 14.8 Å². The van der Waals surface area contributed by atoms with Crippen LogP contribution in [0.2, 0.25) is 0 Å². The van der Waals surface area contributed by atoms with E-state index in [2.05, 4.69) is 25.6 Å². The van der Waals surface area contributed by atoms with Gasteiger partial charge in [0.1, 0.15) is 17.1 Å². The number of aryl methyl sites for hydroxylation is 2. The Kier molecular flexibility index (Phi) is 5.15. The number of methoxy groups -OCH3 is 1. The number of pyridine rings is 1. The van der Waals surface area contributed by atoms with Crippen LogP contribution in [0.5, 0.6) is 11.6 Å². The van der Waals surface area contributed by atoms with Crippen LogP contribution in [-0.2, 0) is 20.6 Å². The number of anilines is 1. The van der Waals surface area contributed by atoms with Crippen LogP contribution in [0.3, 0.4) is 0 Å². The van der Waals surface area contributed by atoms with E-state index in [4.69, 9.17) is 9.47 Å². The summed E-state index contributed by atoms with van der Waals surface area (Å²) in [5, 5.41) is 15.5. The van der Waals surface area contributed by atoms with E-state index in [1.165, 1.54) is 9.48 Å². The van der Waals surface area contributed by atoms with Crippen LogP contribution >= 0.6 is 0 Å². The molecule has 1 aliphatic carbocycles. The monoisotopic (exact) mass is 397 g/mol. The molecule has 152 valence electrons. The third-order valence-corrected chi connectivity index (χ3v) is 4.89. The van der Waals surface area contributed by atoms with Gasteiger partial charge in [-0.05, 0) is 18.6 Å². The minimum absolute atomic E-state index is 0.229. The lowest BCUT2D eigenvalue weighted by molar-refractivity contribution is 0.278. The smallest absolute Gasteiger partial charge is 0.290 e. The zero-order valence-corrected chi connectivity index (χ0v) is 16.6. The zero-order valence-electron chi connectivity index (χ0n) is 16.6. The molecule has 2 atom stereocenters. The maximum atomic E-state index is 12.3. The highest BCUT2D eigenvalue weighted by Gasteiger charge is 2.40. The molecule has 0 spiro atoms. The molecule has 1 fully saturated rings. The van der Waals surface area contributed by atoms with Crippen LogP contribution in [0, 0.1) is 5.92 Å². The lowest BCUT2D eigenvalue weighted by atomic mass is 10.2. The SMILES string of the molecule is COc1ccc([C@H]2C[C@@H]2COc2cc(NCc3cnn(C)n3)c(=O)n(C)n2)nc1. The van der Waals surface area contributed by atoms with Crippen LogP contribution in [0.4, 0.5) is 5.69 Å². The predicted molar refractivity (Wildman–Crippen MR) is 105 cm³/mol. The quantitative estimate of drug-likeness (QED) is 0.602. The molecule has 3 aromatic heterocycles. The minimum atomic E-state index is -0.229. The molecule has 10 nitrogen and oxygen atoms in total. The van der Waals surface area contributed by atoms with Crippen molar-refractivity contribution in [3.63, 3.8) is 0 Å². The first-order chi connectivity index (χ1) is 14.0. The highest BCUT2D eigenvalue weighted by atomic mass is 16.5. The molecular weight excluding hydrogens is 374 g/mol. The molecule has 0 aromatic carbocycles. The van der Waals surface area contributed by atoms with Crippen molar-refractivity contribution >= 4 is 5.69 Å². The lowest BCUT2D eigenvalue weighted by Gasteiger charge is -2.10. The van der Waals surface area contributed by atoms with Crippen LogP contribution in [0.15, 0.2) is 35.4 Å². The molecule has 3 aromatic rings. The fourth-order valence-electron chi connectivity index (χ4n) is 3.15. The van der Waals surface area contributed by atoms with Crippen LogP contribution < -0.4 is 20.3 Å². The molecule has 0 aliphatic heterocycles. The van der Waals surface area contributed by atoms with E-state index in [1.54, 1.807) is 39.7 Å². The van der Waals surface area contributed by atoms with Crippen molar-refractivity contribution in [1.29, 1.82) is 0 Å². The molecule has 4 rings (SSSR count). The molecule has 10 heteroatoms. The Bertz CT molecular complexity index is 1040. The van der Waals surface area contributed by atoms with E-state index in [-0.39, 0.29) is 5.56 Å². The van der Waals surface area contributed by atoms with Crippen LogP contribution in [0.25, 0.3) is 0 Å². The molecule has 29 heavy (non-hydrogen) atoms. The average molecular weight is 397 g/mol. The summed E-state index contributed by atoms with van der Waals surface area (Å²) >= 11 is 0. The number of rotatable bonds is 8. The van der Waals surface area contributed by atoms with E-state index in [1.807, 2.05) is 12.1 Å². The minimum Gasteiger partial charge on any atom is -0.495 e. The predicted octanol–water partition coefficient (Wildman–Crippen LogP) is 1.11. The third-order valence-electron chi connectivity index (χ3n) is 4.89. The third kappa shape index (κ3) is 4.36. The van der Waals surface area contributed by atoms with Crippen molar-refractivity contribution in [2.45, 2.75) is 18.9 Å².